The predicted molar refractivity (Wildman–Crippen MR) is 126 cm³/mol. The number of allylic oxidation sites excluding steroid dienone is 1. The highest BCUT2D eigenvalue weighted by Crippen LogP contribution is 2.30. The van der Waals surface area contributed by atoms with Crippen LogP contribution in [0.3, 0.4) is 0 Å². The highest BCUT2D eigenvalue weighted by atomic mass is 16.6. The molecule has 0 saturated carbocycles. The molecular weight excluding hydrogens is 402 g/mol. The first-order valence-electron chi connectivity index (χ1n) is 12.2. The zero-order valence-electron chi connectivity index (χ0n) is 19.4. The van der Waals surface area contributed by atoms with Gasteiger partial charge in [0.15, 0.2) is 5.76 Å². The summed E-state index contributed by atoms with van der Waals surface area (Å²) in [6, 6.07) is 3.23. The van der Waals surface area contributed by atoms with Crippen molar-refractivity contribution in [2.24, 2.45) is 0 Å². The third kappa shape index (κ3) is 5.03. The number of hydrogen-bond donors (Lipinski definition) is 1. The van der Waals surface area contributed by atoms with Gasteiger partial charge in [0.1, 0.15) is 0 Å². The van der Waals surface area contributed by atoms with Crippen LogP contribution in [0.5, 0.6) is 5.95 Å². The Kier molecular flexibility index (Phi) is 7.56. The van der Waals surface area contributed by atoms with Gasteiger partial charge in [0.2, 0.25) is 5.76 Å². The van der Waals surface area contributed by atoms with Crippen LogP contribution in [0.15, 0.2) is 28.7 Å². The zero-order chi connectivity index (χ0) is 22.3. The van der Waals surface area contributed by atoms with E-state index in [1.807, 2.05) is 0 Å². The fourth-order valence-electron chi connectivity index (χ4n) is 4.87. The average Bonchev–Trinajstić information content (AvgIpc) is 3.44. The molecule has 0 bridgehead atoms. The minimum absolute atomic E-state index is 0.138. The van der Waals surface area contributed by atoms with Gasteiger partial charge in [-0.2, -0.15) is 0 Å². The molecule has 0 fully saturated rings. The summed E-state index contributed by atoms with van der Waals surface area (Å²) < 4.78 is 16.3. The van der Waals surface area contributed by atoms with Crippen LogP contribution in [0.25, 0.3) is 11.8 Å². The predicted octanol–water partition coefficient (Wildman–Crippen LogP) is 5.49. The number of carbonyl (C=O) groups excluding carboxylic acids is 1. The quantitative estimate of drug-likeness (QED) is 0.373. The standard InChI is InChI=1S/C27H35NO4/c1-3-4-5-6-7-8-9-12-19-15-16-22(31-24-18-17-23(32-24)27(29)30-2)26-25(19)20-13-10-11-14-21(20)28-26/h14-19,28H,3-13H2,1-2H3. The molecule has 1 atom stereocenters. The van der Waals surface area contributed by atoms with E-state index in [1.54, 1.807) is 12.1 Å². The molecular formula is C27H35NO4. The first-order chi connectivity index (χ1) is 15.7. The Morgan fingerprint density at radius 3 is 2.78 bits per heavy atom. The van der Waals surface area contributed by atoms with Gasteiger partial charge in [-0.1, -0.05) is 64.0 Å². The lowest BCUT2D eigenvalue weighted by molar-refractivity contribution is 0.0560. The van der Waals surface area contributed by atoms with Gasteiger partial charge in [-0.15, -0.1) is 0 Å². The lowest BCUT2D eigenvalue weighted by atomic mass is 9.86. The van der Waals surface area contributed by atoms with Crippen LogP contribution in [-0.4, -0.2) is 18.1 Å². The van der Waals surface area contributed by atoms with Crippen LogP contribution < -0.4 is 15.4 Å². The van der Waals surface area contributed by atoms with Crippen molar-refractivity contribution < 1.29 is 18.7 Å². The largest absolute Gasteiger partial charge is 0.463 e. The van der Waals surface area contributed by atoms with E-state index in [4.69, 9.17) is 13.9 Å². The topological polar surface area (TPSA) is 64.5 Å². The van der Waals surface area contributed by atoms with Crippen molar-refractivity contribution in [3.63, 3.8) is 0 Å². The fourth-order valence-corrected chi connectivity index (χ4v) is 4.87. The van der Waals surface area contributed by atoms with E-state index < -0.39 is 5.97 Å². The minimum atomic E-state index is -0.510. The summed E-state index contributed by atoms with van der Waals surface area (Å²) in [4.78, 5) is 15.3. The number of furan rings is 1. The summed E-state index contributed by atoms with van der Waals surface area (Å²) in [5, 5.41) is 2.30. The maximum Gasteiger partial charge on any atom is 0.374 e. The molecule has 1 N–H and O–H groups in total. The second-order valence-corrected chi connectivity index (χ2v) is 8.85. The number of aromatic amines is 1. The summed E-state index contributed by atoms with van der Waals surface area (Å²) in [5.41, 5.74) is 2.83. The SMILES string of the molecule is CCCCCCCCCC1C=CC(Oc2ccc(C(=O)OC)o2)=c2[nH]c3c(c21)CCCC=3. The Labute approximate surface area is 190 Å². The van der Waals surface area contributed by atoms with E-state index >= 15 is 0 Å². The molecule has 32 heavy (non-hydrogen) atoms. The maximum atomic E-state index is 11.7. The van der Waals surface area contributed by atoms with Crippen LogP contribution in [0, 0.1) is 0 Å². The van der Waals surface area contributed by atoms with E-state index in [1.165, 1.54) is 81.4 Å². The Bertz CT molecular complexity index is 1070. The van der Waals surface area contributed by atoms with Crippen molar-refractivity contribution in [2.75, 3.05) is 7.11 Å². The van der Waals surface area contributed by atoms with Gasteiger partial charge in [0.05, 0.1) is 12.5 Å². The van der Waals surface area contributed by atoms with Crippen LogP contribution in [-0.2, 0) is 11.2 Å². The molecule has 0 aliphatic heterocycles. The van der Waals surface area contributed by atoms with Crippen molar-refractivity contribution in [3.8, 4) is 5.95 Å². The first kappa shape index (κ1) is 22.5. The van der Waals surface area contributed by atoms with Crippen molar-refractivity contribution in [3.05, 3.63) is 51.9 Å². The number of H-pyrrole nitrogens is 1. The molecule has 0 saturated heterocycles. The summed E-state index contributed by atoms with van der Waals surface area (Å²) in [6.45, 7) is 2.26. The summed E-state index contributed by atoms with van der Waals surface area (Å²) >= 11 is 0. The van der Waals surface area contributed by atoms with E-state index in [-0.39, 0.29) is 11.7 Å². The number of nitrogens with one attached hydrogen (secondary N) is 1. The lowest BCUT2D eigenvalue weighted by Crippen LogP contribution is -2.22. The van der Waals surface area contributed by atoms with E-state index in [2.05, 4.69) is 30.1 Å². The monoisotopic (exact) mass is 437 g/mol. The van der Waals surface area contributed by atoms with Crippen LogP contribution in [0.2, 0.25) is 0 Å². The normalized spacial score (nSPS) is 16.9. The van der Waals surface area contributed by atoms with Gasteiger partial charge >= 0.3 is 5.97 Å². The molecule has 4 rings (SSSR count). The van der Waals surface area contributed by atoms with Gasteiger partial charge in [-0.05, 0) is 49.0 Å². The minimum Gasteiger partial charge on any atom is -0.463 e. The number of unbranched alkanes of at least 4 members (excludes halogenated alkanes) is 6. The highest BCUT2D eigenvalue weighted by Gasteiger charge is 2.24. The average molecular weight is 438 g/mol. The molecule has 172 valence electrons. The maximum absolute atomic E-state index is 11.7. The molecule has 2 aliphatic carbocycles. The Hall–Kier alpha value is -2.69. The number of fused-ring (bicyclic) bond motifs is 3. The third-order valence-corrected chi connectivity index (χ3v) is 6.55. The Balaban J connectivity index is 1.52. The van der Waals surface area contributed by atoms with E-state index in [0.717, 1.165) is 23.9 Å². The Morgan fingerprint density at radius 1 is 1.16 bits per heavy atom. The molecule has 0 amide bonds. The number of methoxy groups -OCH3 is 1. The van der Waals surface area contributed by atoms with Crippen molar-refractivity contribution >= 4 is 17.8 Å². The summed E-state index contributed by atoms with van der Waals surface area (Å²) in [7, 11) is 1.33. The molecule has 2 aromatic heterocycles. The summed E-state index contributed by atoms with van der Waals surface area (Å²) in [5.74, 6) is 1.08. The number of esters is 1. The summed E-state index contributed by atoms with van der Waals surface area (Å²) in [6.07, 6.45) is 20.5. The van der Waals surface area contributed by atoms with Crippen molar-refractivity contribution in [1.82, 2.24) is 4.98 Å². The second-order valence-electron chi connectivity index (χ2n) is 8.85. The van der Waals surface area contributed by atoms with Crippen molar-refractivity contribution in [1.29, 1.82) is 0 Å². The first-order valence-corrected chi connectivity index (χ1v) is 12.2. The van der Waals surface area contributed by atoms with Crippen LogP contribution >= 0.6 is 0 Å². The molecule has 0 spiro atoms. The fraction of sp³-hybridized carbons (Fsp3) is 0.519. The van der Waals surface area contributed by atoms with Gasteiger partial charge in [-0.3, -0.25) is 0 Å². The third-order valence-electron chi connectivity index (χ3n) is 6.55. The van der Waals surface area contributed by atoms with E-state index in [0.29, 0.717) is 5.92 Å². The molecule has 5 heteroatoms. The van der Waals surface area contributed by atoms with Crippen LogP contribution in [0.4, 0.5) is 0 Å². The van der Waals surface area contributed by atoms with Gasteiger partial charge in [0.25, 0.3) is 5.95 Å². The van der Waals surface area contributed by atoms with Crippen molar-refractivity contribution in [2.45, 2.75) is 83.5 Å². The van der Waals surface area contributed by atoms with Gasteiger partial charge in [0, 0.05) is 17.3 Å². The molecule has 1 unspecified atom stereocenters. The molecule has 2 heterocycles. The molecule has 2 aromatic rings. The van der Waals surface area contributed by atoms with E-state index in [9.17, 15) is 4.79 Å². The second kappa shape index (κ2) is 10.8. The highest BCUT2D eigenvalue weighted by molar-refractivity contribution is 5.86. The number of ether oxygens (including phenoxy) is 2. The van der Waals surface area contributed by atoms with Gasteiger partial charge in [-0.25, -0.2) is 4.79 Å². The number of rotatable bonds is 11. The zero-order valence-corrected chi connectivity index (χ0v) is 19.4. The number of aromatic nitrogens is 1. The Morgan fingerprint density at radius 2 is 1.97 bits per heavy atom. The molecule has 2 aliphatic rings. The smallest absolute Gasteiger partial charge is 0.374 e. The van der Waals surface area contributed by atoms with Gasteiger partial charge < -0.3 is 18.9 Å². The molecule has 0 aromatic carbocycles. The molecule has 0 radical (unpaired) electrons. The van der Waals surface area contributed by atoms with Crippen LogP contribution in [0.1, 0.15) is 98.7 Å². The number of hydrogen-bond acceptors (Lipinski definition) is 4. The number of carbonyl (C=O) groups is 1. The molecule has 5 nitrogen and oxygen atoms in total. The lowest BCUT2D eigenvalue weighted by Gasteiger charge is -2.19.